The molecule has 72 valence electrons. The van der Waals surface area contributed by atoms with E-state index in [0.29, 0.717) is 6.54 Å². The minimum atomic E-state index is -0.805. The number of carboxylic acid groups (broad SMARTS) is 1. The van der Waals surface area contributed by atoms with E-state index >= 15 is 0 Å². The van der Waals surface area contributed by atoms with Crippen LogP contribution in [0.4, 0.5) is 0 Å². The van der Waals surface area contributed by atoms with Gasteiger partial charge in [0, 0.05) is 13.7 Å². The summed E-state index contributed by atoms with van der Waals surface area (Å²) in [6.45, 7) is 4.19. The zero-order chi connectivity index (χ0) is 9.72. The molecule has 0 saturated heterocycles. The first-order valence-electron chi connectivity index (χ1n) is 3.94. The van der Waals surface area contributed by atoms with Gasteiger partial charge in [-0.05, 0) is 20.9 Å². The smallest absolute Gasteiger partial charge is 0.320 e. The number of hydrogen-bond donors (Lipinski definition) is 1. The Morgan fingerprint density at radius 1 is 1.58 bits per heavy atom. The lowest BCUT2D eigenvalue weighted by Crippen LogP contribution is -2.40. The molecule has 0 radical (unpaired) electrons. The Labute approximate surface area is 73.1 Å². The molecule has 0 aliphatic heterocycles. The second kappa shape index (κ2) is 5.11. The summed E-state index contributed by atoms with van der Waals surface area (Å²) >= 11 is 0. The highest BCUT2D eigenvalue weighted by Crippen LogP contribution is 1.98. The van der Waals surface area contributed by atoms with Gasteiger partial charge in [-0.15, -0.1) is 0 Å². The van der Waals surface area contributed by atoms with Crippen molar-refractivity contribution >= 4 is 5.97 Å². The monoisotopic (exact) mass is 175 g/mol. The zero-order valence-corrected chi connectivity index (χ0v) is 8.07. The van der Waals surface area contributed by atoms with Crippen molar-refractivity contribution in [2.75, 3.05) is 20.7 Å². The maximum atomic E-state index is 10.5. The molecule has 12 heavy (non-hydrogen) atoms. The van der Waals surface area contributed by atoms with E-state index in [-0.39, 0.29) is 6.10 Å². The first-order chi connectivity index (χ1) is 5.49. The number of carboxylic acids is 1. The highest BCUT2D eigenvalue weighted by molar-refractivity contribution is 5.72. The number of ether oxygens (including phenoxy) is 1. The zero-order valence-electron chi connectivity index (χ0n) is 8.07. The van der Waals surface area contributed by atoms with Crippen LogP contribution < -0.4 is 0 Å². The van der Waals surface area contributed by atoms with E-state index in [2.05, 4.69) is 0 Å². The molecule has 4 nitrogen and oxygen atoms in total. The Bertz CT molecular complexity index is 149. The van der Waals surface area contributed by atoms with Crippen molar-refractivity contribution in [3.05, 3.63) is 0 Å². The van der Waals surface area contributed by atoms with E-state index in [1.54, 1.807) is 26.0 Å². The summed E-state index contributed by atoms with van der Waals surface area (Å²) in [7, 11) is 3.39. The van der Waals surface area contributed by atoms with Crippen molar-refractivity contribution in [1.29, 1.82) is 0 Å². The van der Waals surface area contributed by atoms with E-state index < -0.39 is 12.0 Å². The maximum absolute atomic E-state index is 10.5. The number of aliphatic carboxylic acids is 1. The Morgan fingerprint density at radius 3 is 2.42 bits per heavy atom. The molecule has 0 aromatic rings. The summed E-state index contributed by atoms with van der Waals surface area (Å²) in [4.78, 5) is 12.3. The molecule has 0 saturated carbocycles. The molecule has 0 amide bonds. The van der Waals surface area contributed by atoms with Crippen LogP contribution in [-0.4, -0.2) is 48.8 Å². The number of carbonyl (C=O) groups is 1. The molecule has 0 heterocycles. The molecule has 0 fully saturated rings. The normalized spacial score (nSPS) is 16.1. The van der Waals surface area contributed by atoms with Crippen molar-refractivity contribution < 1.29 is 14.6 Å². The molecule has 0 spiro atoms. The largest absolute Gasteiger partial charge is 0.480 e. The van der Waals surface area contributed by atoms with Crippen molar-refractivity contribution in [1.82, 2.24) is 4.90 Å². The number of nitrogens with zero attached hydrogens (tertiary/aromatic N) is 1. The van der Waals surface area contributed by atoms with E-state index in [4.69, 9.17) is 9.84 Å². The minimum Gasteiger partial charge on any atom is -0.480 e. The first kappa shape index (κ1) is 11.4. The quantitative estimate of drug-likeness (QED) is 0.658. The average molecular weight is 175 g/mol. The third-order valence-electron chi connectivity index (χ3n) is 1.97. The fraction of sp³-hybridized carbons (Fsp3) is 0.875. The molecule has 2 unspecified atom stereocenters. The second-order valence-electron chi connectivity index (χ2n) is 3.00. The summed E-state index contributed by atoms with van der Waals surface area (Å²) in [6.07, 6.45) is 0.0665. The molecular weight excluding hydrogens is 158 g/mol. The van der Waals surface area contributed by atoms with Gasteiger partial charge < -0.3 is 9.84 Å². The summed E-state index contributed by atoms with van der Waals surface area (Å²) in [5.41, 5.74) is 0. The van der Waals surface area contributed by atoms with Crippen LogP contribution in [0.5, 0.6) is 0 Å². The van der Waals surface area contributed by atoms with Crippen LogP contribution in [0.2, 0.25) is 0 Å². The number of methoxy groups -OCH3 is 1. The fourth-order valence-electron chi connectivity index (χ4n) is 0.827. The number of hydrogen-bond acceptors (Lipinski definition) is 3. The van der Waals surface area contributed by atoms with E-state index in [1.165, 1.54) is 0 Å². The Morgan fingerprint density at radius 2 is 2.08 bits per heavy atom. The summed E-state index contributed by atoms with van der Waals surface area (Å²) in [6, 6.07) is -0.456. The van der Waals surface area contributed by atoms with Gasteiger partial charge >= 0.3 is 5.97 Å². The number of rotatable bonds is 5. The lowest BCUT2D eigenvalue weighted by Gasteiger charge is -2.23. The van der Waals surface area contributed by atoms with Crippen LogP contribution in [0.15, 0.2) is 0 Å². The summed E-state index contributed by atoms with van der Waals surface area (Å²) in [5.74, 6) is -0.805. The molecule has 0 aromatic heterocycles. The first-order valence-corrected chi connectivity index (χ1v) is 3.94. The van der Waals surface area contributed by atoms with Gasteiger partial charge in [0.25, 0.3) is 0 Å². The van der Waals surface area contributed by atoms with Gasteiger partial charge in [-0.1, -0.05) is 0 Å². The third kappa shape index (κ3) is 3.69. The van der Waals surface area contributed by atoms with Gasteiger partial charge in [-0.2, -0.15) is 0 Å². The van der Waals surface area contributed by atoms with Crippen LogP contribution >= 0.6 is 0 Å². The topological polar surface area (TPSA) is 49.8 Å². The third-order valence-corrected chi connectivity index (χ3v) is 1.97. The van der Waals surface area contributed by atoms with Crippen molar-refractivity contribution in [3.63, 3.8) is 0 Å². The second-order valence-corrected chi connectivity index (χ2v) is 3.00. The molecule has 0 bridgehead atoms. The predicted molar refractivity (Wildman–Crippen MR) is 46.2 cm³/mol. The number of likely N-dealkylation sites (N-methyl/N-ethyl adjacent to an activating group) is 1. The summed E-state index contributed by atoms with van der Waals surface area (Å²) in [5, 5.41) is 8.66. The van der Waals surface area contributed by atoms with Gasteiger partial charge in [-0.3, -0.25) is 9.69 Å². The Kier molecular flexibility index (Phi) is 4.85. The van der Waals surface area contributed by atoms with Crippen LogP contribution in [-0.2, 0) is 9.53 Å². The summed E-state index contributed by atoms with van der Waals surface area (Å²) < 4.78 is 5.02. The van der Waals surface area contributed by atoms with Crippen LogP contribution in [0.1, 0.15) is 13.8 Å². The molecule has 0 aromatic carbocycles. The van der Waals surface area contributed by atoms with Crippen LogP contribution in [0.25, 0.3) is 0 Å². The van der Waals surface area contributed by atoms with Gasteiger partial charge in [-0.25, -0.2) is 0 Å². The fourth-order valence-corrected chi connectivity index (χ4v) is 0.827. The van der Waals surface area contributed by atoms with E-state index in [1.807, 2.05) is 6.92 Å². The van der Waals surface area contributed by atoms with Gasteiger partial charge in [0.2, 0.25) is 0 Å². The SMILES string of the molecule is COC(C)CN(C)C(C)C(=O)O. The minimum absolute atomic E-state index is 0.0665. The highest BCUT2D eigenvalue weighted by Gasteiger charge is 2.17. The maximum Gasteiger partial charge on any atom is 0.320 e. The van der Waals surface area contributed by atoms with Gasteiger partial charge in [0.05, 0.1) is 6.10 Å². The predicted octanol–water partition coefficient (Wildman–Crippen LogP) is 0.426. The lowest BCUT2D eigenvalue weighted by molar-refractivity contribution is -0.142. The molecule has 1 N–H and O–H groups in total. The van der Waals surface area contributed by atoms with Gasteiger partial charge in [0.15, 0.2) is 0 Å². The molecule has 4 heteroatoms. The van der Waals surface area contributed by atoms with Gasteiger partial charge in [0.1, 0.15) is 6.04 Å². The van der Waals surface area contributed by atoms with Crippen molar-refractivity contribution in [2.45, 2.75) is 26.0 Å². The van der Waals surface area contributed by atoms with Crippen molar-refractivity contribution in [2.24, 2.45) is 0 Å². The van der Waals surface area contributed by atoms with Crippen molar-refractivity contribution in [3.8, 4) is 0 Å². The molecular formula is C8H17NO3. The molecule has 0 rings (SSSR count). The lowest BCUT2D eigenvalue weighted by atomic mass is 10.2. The molecule has 0 aliphatic carbocycles. The van der Waals surface area contributed by atoms with E-state index in [0.717, 1.165) is 0 Å². The Hall–Kier alpha value is -0.610. The standard InChI is InChI=1S/C8H17NO3/c1-6(12-4)5-9(3)7(2)8(10)11/h6-7H,5H2,1-4H3,(H,10,11). The highest BCUT2D eigenvalue weighted by atomic mass is 16.5. The Balaban J connectivity index is 3.86. The van der Waals surface area contributed by atoms with E-state index in [9.17, 15) is 4.79 Å². The molecule has 0 aliphatic rings. The molecule has 2 atom stereocenters. The average Bonchev–Trinajstić information content (AvgIpc) is 2.02. The van der Waals surface area contributed by atoms with Crippen LogP contribution in [0.3, 0.4) is 0 Å². The van der Waals surface area contributed by atoms with Crippen LogP contribution in [0, 0.1) is 0 Å².